The van der Waals surface area contributed by atoms with Gasteiger partial charge < -0.3 is 9.84 Å². The van der Waals surface area contributed by atoms with Crippen LogP contribution in [0, 0.1) is 23.6 Å². The fraction of sp³-hybridized carbons (Fsp3) is 0.500. The largest absolute Gasteiger partial charge is 0.395 e. The van der Waals surface area contributed by atoms with E-state index in [9.17, 15) is 4.39 Å². The molecule has 0 aliphatic heterocycles. The second-order valence-corrected chi connectivity index (χ2v) is 4.87. The molecule has 0 radical (unpaired) electrons. The summed E-state index contributed by atoms with van der Waals surface area (Å²) in [5.41, 5.74) is 1.31. The maximum Gasteiger partial charge on any atom is 0.138 e. The molecule has 1 aromatic carbocycles. The van der Waals surface area contributed by atoms with Crippen LogP contribution in [-0.2, 0) is 11.3 Å². The summed E-state index contributed by atoms with van der Waals surface area (Å²) < 4.78 is 19.1. The lowest BCUT2D eigenvalue weighted by molar-refractivity contribution is 0.115. The number of aliphatic hydroxyl groups excluding tert-OH is 1. The molecule has 0 unspecified atom stereocenters. The summed E-state index contributed by atoms with van der Waals surface area (Å²) in [6, 6.07) is 4.86. The minimum absolute atomic E-state index is 0.00140. The molecule has 1 aliphatic rings. The number of hydrogen-bond donors (Lipinski definition) is 1. The first-order valence-corrected chi connectivity index (χ1v) is 6.75. The third-order valence-electron chi connectivity index (χ3n) is 3.13. The van der Waals surface area contributed by atoms with Crippen LogP contribution in [0.25, 0.3) is 0 Å². The lowest BCUT2D eigenvalue weighted by Crippen LogP contribution is -1.97. The topological polar surface area (TPSA) is 29.5 Å². The van der Waals surface area contributed by atoms with Crippen LogP contribution in [0.5, 0.6) is 0 Å². The molecule has 0 atom stereocenters. The normalized spacial score (nSPS) is 14.0. The van der Waals surface area contributed by atoms with Crippen LogP contribution in [0.2, 0.25) is 0 Å². The first-order chi connectivity index (χ1) is 9.29. The average molecular weight is 262 g/mol. The van der Waals surface area contributed by atoms with Crippen LogP contribution >= 0.6 is 0 Å². The lowest BCUT2D eigenvalue weighted by atomic mass is 10.1. The minimum atomic E-state index is -0.327. The number of benzene rings is 1. The maximum absolute atomic E-state index is 13.5. The third-order valence-corrected chi connectivity index (χ3v) is 3.13. The van der Waals surface area contributed by atoms with Gasteiger partial charge in [-0.2, -0.15) is 0 Å². The van der Waals surface area contributed by atoms with Gasteiger partial charge in [0, 0.05) is 13.0 Å². The average Bonchev–Trinajstić information content (AvgIpc) is 3.22. The van der Waals surface area contributed by atoms with Gasteiger partial charge in [-0.1, -0.05) is 30.7 Å². The molecule has 0 bridgehead atoms. The van der Waals surface area contributed by atoms with Crippen LogP contribution in [0.3, 0.4) is 0 Å². The zero-order valence-electron chi connectivity index (χ0n) is 11.0. The smallest absolute Gasteiger partial charge is 0.138 e. The Kier molecular flexibility index (Phi) is 5.38. The molecular formula is C16H19FO2. The Morgan fingerprint density at radius 2 is 2.21 bits per heavy atom. The summed E-state index contributed by atoms with van der Waals surface area (Å²) in [6.45, 7) is 1.27. The van der Waals surface area contributed by atoms with Crippen LogP contribution in [0.4, 0.5) is 4.39 Å². The summed E-state index contributed by atoms with van der Waals surface area (Å²) in [5.74, 6) is 6.00. The van der Waals surface area contributed by atoms with Gasteiger partial charge in [0.15, 0.2) is 0 Å². The van der Waals surface area contributed by atoms with Gasteiger partial charge >= 0.3 is 0 Å². The van der Waals surface area contributed by atoms with E-state index in [0.29, 0.717) is 18.6 Å². The molecule has 1 saturated carbocycles. The molecule has 0 heterocycles. The Labute approximate surface area is 113 Å². The van der Waals surface area contributed by atoms with Crippen molar-refractivity contribution in [1.29, 1.82) is 0 Å². The highest BCUT2D eigenvalue weighted by molar-refractivity contribution is 5.38. The summed E-state index contributed by atoms with van der Waals surface area (Å²) >= 11 is 0. The van der Waals surface area contributed by atoms with Crippen molar-refractivity contribution in [2.24, 2.45) is 5.92 Å². The zero-order valence-corrected chi connectivity index (χ0v) is 11.0. The molecule has 1 aromatic rings. The summed E-state index contributed by atoms with van der Waals surface area (Å²) in [7, 11) is 0. The number of hydrogen-bond acceptors (Lipinski definition) is 2. The molecule has 1 fully saturated rings. The van der Waals surface area contributed by atoms with Gasteiger partial charge in [-0.15, -0.1) is 0 Å². The highest BCUT2D eigenvalue weighted by Gasteiger charge is 2.20. The monoisotopic (exact) mass is 262 g/mol. The molecule has 0 saturated heterocycles. The molecule has 1 N–H and O–H groups in total. The Bertz CT molecular complexity index is 469. The van der Waals surface area contributed by atoms with Gasteiger partial charge in [-0.05, 0) is 30.0 Å². The van der Waals surface area contributed by atoms with E-state index in [-0.39, 0.29) is 12.4 Å². The SMILES string of the molecule is OCCC#Cc1cc(COCCC2CC2)ccc1F. The third kappa shape index (κ3) is 5.02. The molecule has 1 aliphatic carbocycles. The van der Waals surface area contributed by atoms with E-state index in [1.807, 2.05) is 0 Å². The Morgan fingerprint density at radius 3 is 2.95 bits per heavy atom. The van der Waals surface area contributed by atoms with E-state index in [0.717, 1.165) is 24.5 Å². The summed E-state index contributed by atoms with van der Waals surface area (Å²) in [6.07, 6.45) is 4.17. The second kappa shape index (κ2) is 7.28. The molecule has 3 heteroatoms. The number of rotatable bonds is 6. The number of ether oxygens (including phenoxy) is 1. The minimum Gasteiger partial charge on any atom is -0.395 e. The van der Waals surface area contributed by atoms with Crippen LogP contribution in [0.1, 0.15) is 36.8 Å². The standard InChI is InChI=1S/C16H19FO2/c17-16-7-6-14(11-15(16)3-1-2-9-18)12-19-10-8-13-4-5-13/h6-7,11,13,18H,2,4-5,8-10,12H2. The highest BCUT2D eigenvalue weighted by Crippen LogP contribution is 2.32. The molecule has 0 spiro atoms. The first-order valence-electron chi connectivity index (χ1n) is 6.75. The predicted octanol–water partition coefficient (Wildman–Crippen LogP) is 2.88. The first kappa shape index (κ1) is 14.0. The van der Waals surface area contributed by atoms with Gasteiger partial charge in [0.25, 0.3) is 0 Å². The van der Waals surface area contributed by atoms with E-state index in [2.05, 4.69) is 11.8 Å². The van der Waals surface area contributed by atoms with E-state index < -0.39 is 0 Å². The van der Waals surface area contributed by atoms with Gasteiger partial charge in [-0.3, -0.25) is 0 Å². The summed E-state index contributed by atoms with van der Waals surface area (Å²) in [4.78, 5) is 0. The van der Waals surface area contributed by atoms with Crippen molar-refractivity contribution in [1.82, 2.24) is 0 Å². The van der Waals surface area contributed by atoms with E-state index in [4.69, 9.17) is 9.84 Å². The number of halogens is 1. The van der Waals surface area contributed by atoms with Gasteiger partial charge in [-0.25, -0.2) is 4.39 Å². The van der Waals surface area contributed by atoms with Gasteiger partial charge in [0.2, 0.25) is 0 Å². The molecule has 0 amide bonds. The zero-order chi connectivity index (χ0) is 13.5. The van der Waals surface area contributed by atoms with Crippen molar-refractivity contribution in [3.63, 3.8) is 0 Å². The Hall–Kier alpha value is -1.37. The molecule has 19 heavy (non-hydrogen) atoms. The Morgan fingerprint density at radius 1 is 1.37 bits per heavy atom. The van der Waals surface area contributed by atoms with Crippen LogP contribution < -0.4 is 0 Å². The van der Waals surface area contributed by atoms with Crippen molar-refractivity contribution < 1.29 is 14.2 Å². The quantitative estimate of drug-likeness (QED) is 0.631. The second-order valence-electron chi connectivity index (χ2n) is 4.87. The fourth-order valence-electron chi connectivity index (χ4n) is 1.82. The van der Waals surface area contributed by atoms with Crippen LogP contribution in [0.15, 0.2) is 18.2 Å². The molecule has 0 aromatic heterocycles. The molecule has 2 rings (SSSR count). The molecule has 102 valence electrons. The molecular weight excluding hydrogens is 243 g/mol. The predicted molar refractivity (Wildman–Crippen MR) is 72.0 cm³/mol. The summed E-state index contributed by atoms with van der Waals surface area (Å²) in [5, 5.41) is 8.65. The highest BCUT2D eigenvalue weighted by atomic mass is 19.1. The van der Waals surface area contributed by atoms with Crippen molar-refractivity contribution in [2.45, 2.75) is 32.3 Å². The van der Waals surface area contributed by atoms with Crippen molar-refractivity contribution in [3.05, 3.63) is 35.1 Å². The molecule has 2 nitrogen and oxygen atoms in total. The van der Waals surface area contributed by atoms with Gasteiger partial charge in [0.1, 0.15) is 5.82 Å². The van der Waals surface area contributed by atoms with Crippen molar-refractivity contribution in [3.8, 4) is 11.8 Å². The van der Waals surface area contributed by atoms with E-state index in [1.165, 1.54) is 18.9 Å². The number of aliphatic hydroxyl groups is 1. The maximum atomic E-state index is 13.5. The lowest BCUT2D eigenvalue weighted by Gasteiger charge is -2.05. The van der Waals surface area contributed by atoms with Crippen LogP contribution in [-0.4, -0.2) is 18.3 Å². The van der Waals surface area contributed by atoms with Gasteiger partial charge in [0.05, 0.1) is 18.8 Å². The fourth-order valence-corrected chi connectivity index (χ4v) is 1.82. The van der Waals surface area contributed by atoms with E-state index >= 15 is 0 Å². The Balaban J connectivity index is 1.85. The van der Waals surface area contributed by atoms with E-state index in [1.54, 1.807) is 12.1 Å². The van der Waals surface area contributed by atoms with Crippen molar-refractivity contribution in [2.75, 3.05) is 13.2 Å². The van der Waals surface area contributed by atoms with Crippen molar-refractivity contribution >= 4 is 0 Å².